The molecular weight excluding hydrogens is 461 g/mol. The van der Waals surface area contributed by atoms with E-state index in [1.54, 1.807) is 0 Å². The topological polar surface area (TPSA) is 3.24 Å². The highest BCUT2D eigenvalue weighted by atomic mass is 127. The molecule has 4 aromatic rings. The molecule has 0 aliphatic heterocycles. The van der Waals surface area contributed by atoms with Gasteiger partial charge in [0.05, 0.1) is 38.9 Å². The summed E-state index contributed by atoms with van der Waals surface area (Å²) >= 11 is 4.41. The SMILES string of the molecule is IN(c1ccccc1C1CCCCC1)c1cccc2c1sc1ccccc12. The molecule has 0 spiro atoms. The Morgan fingerprint density at radius 2 is 1.44 bits per heavy atom. The van der Waals surface area contributed by atoms with E-state index in [2.05, 4.69) is 92.7 Å². The van der Waals surface area contributed by atoms with Crippen molar-refractivity contribution in [3.63, 3.8) is 0 Å². The molecule has 1 heterocycles. The molecule has 1 nitrogen and oxygen atoms in total. The third-order valence-corrected chi connectivity index (χ3v) is 8.04. The van der Waals surface area contributed by atoms with Gasteiger partial charge in [-0.1, -0.05) is 67.8 Å². The highest BCUT2D eigenvalue weighted by Crippen LogP contribution is 2.45. The molecule has 3 aromatic carbocycles. The zero-order valence-corrected chi connectivity index (χ0v) is 18.2. The molecule has 5 rings (SSSR count). The Bertz CT molecular complexity index is 1090. The highest BCUT2D eigenvalue weighted by Gasteiger charge is 2.22. The summed E-state index contributed by atoms with van der Waals surface area (Å²) < 4.78 is 5.14. The molecule has 0 bridgehead atoms. The summed E-state index contributed by atoms with van der Waals surface area (Å²) in [7, 11) is 0. The Hall–Kier alpha value is -1.59. The smallest absolute Gasteiger partial charge is 0.0689 e. The molecular formula is C24H22INS. The van der Waals surface area contributed by atoms with E-state index in [1.807, 2.05) is 11.3 Å². The molecule has 1 aromatic heterocycles. The number of nitrogens with zero attached hydrogens (tertiary/aromatic N) is 1. The molecule has 1 aliphatic carbocycles. The number of fused-ring (bicyclic) bond motifs is 3. The number of benzene rings is 3. The number of anilines is 2. The van der Waals surface area contributed by atoms with E-state index < -0.39 is 0 Å². The first-order chi connectivity index (χ1) is 13.3. The van der Waals surface area contributed by atoms with Crippen molar-refractivity contribution in [3.05, 3.63) is 72.3 Å². The monoisotopic (exact) mass is 483 g/mol. The molecule has 0 N–H and O–H groups in total. The van der Waals surface area contributed by atoms with Crippen molar-refractivity contribution in [3.8, 4) is 0 Å². The summed E-state index contributed by atoms with van der Waals surface area (Å²) in [5.74, 6) is 0.703. The third kappa shape index (κ3) is 3.15. The minimum Gasteiger partial charge on any atom is -0.281 e. The van der Waals surface area contributed by atoms with Crippen LogP contribution in [0.15, 0.2) is 66.7 Å². The van der Waals surface area contributed by atoms with E-state index in [4.69, 9.17) is 0 Å². The van der Waals surface area contributed by atoms with Crippen molar-refractivity contribution in [1.29, 1.82) is 0 Å². The van der Waals surface area contributed by atoms with Crippen LogP contribution in [0.1, 0.15) is 43.6 Å². The fourth-order valence-corrected chi connectivity index (χ4v) is 6.65. The lowest BCUT2D eigenvalue weighted by Gasteiger charge is -2.28. The Morgan fingerprint density at radius 1 is 0.741 bits per heavy atom. The van der Waals surface area contributed by atoms with Gasteiger partial charge in [0.2, 0.25) is 0 Å². The molecule has 0 unspecified atom stereocenters. The van der Waals surface area contributed by atoms with Crippen LogP contribution >= 0.6 is 34.2 Å². The van der Waals surface area contributed by atoms with E-state index >= 15 is 0 Å². The van der Waals surface area contributed by atoms with Gasteiger partial charge in [-0.05, 0) is 42.5 Å². The fourth-order valence-electron chi connectivity index (χ4n) is 4.44. The summed E-state index contributed by atoms with van der Waals surface area (Å²) in [6.07, 6.45) is 6.79. The van der Waals surface area contributed by atoms with Crippen LogP contribution in [0.5, 0.6) is 0 Å². The predicted octanol–water partition coefficient (Wildman–Crippen LogP) is 8.59. The predicted molar refractivity (Wildman–Crippen MR) is 128 cm³/mol. The molecule has 1 saturated carbocycles. The average Bonchev–Trinajstić information content (AvgIpc) is 3.13. The van der Waals surface area contributed by atoms with Crippen molar-refractivity contribution in [2.45, 2.75) is 38.0 Å². The van der Waals surface area contributed by atoms with Gasteiger partial charge in [0.1, 0.15) is 0 Å². The van der Waals surface area contributed by atoms with Gasteiger partial charge in [-0.2, -0.15) is 0 Å². The Morgan fingerprint density at radius 3 is 2.33 bits per heavy atom. The number of thiophene rings is 1. The molecule has 0 atom stereocenters. The average molecular weight is 483 g/mol. The zero-order chi connectivity index (χ0) is 18.2. The van der Waals surface area contributed by atoms with Gasteiger partial charge < -0.3 is 0 Å². The van der Waals surface area contributed by atoms with Crippen molar-refractivity contribution in [2.24, 2.45) is 0 Å². The second-order valence-corrected chi connectivity index (χ2v) is 9.44. The summed E-state index contributed by atoms with van der Waals surface area (Å²) in [5, 5.41) is 2.73. The number of para-hydroxylation sites is 1. The minimum absolute atomic E-state index is 0.703. The van der Waals surface area contributed by atoms with Gasteiger partial charge in [-0.3, -0.25) is 3.11 Å². The van der Waals surface area contributed by atoms with Crippen LogP contribution in [0.4, 0.5) is 11.4 Å². The molecule has 0 amide bonds. The first kappa shape index (κ1) is 17.5. The zero-order valence-electron chi connectivity index (χ0n) is 15.2. The number of hydrogen-bond acceptors (Lipinski definition) is 2. The van der Waals surface area contributed by atoms with Crippen LogP contribution in [0.3, 0.4) is 0 Å². The van der Waals surface area contributed by atoms with Gasteiger partial charge in [0.15, 0.2) is 0 Å². The van der Waals surface area contributed by atoms with Gasteiger partial charge in [-0.15, -0.1) is 11.3 Å². The maximum Gasteiger partial charge on any atom is 0.0689 e. The maximum absolute atomic E-state index is 2.51. The maximum atomic E-state index is 2.51. The van der Waals surface area contributed by atoms with Gasteiger partial charge >= 0.3 is 0 Å². The van der Waals surface area contributed by atoms with Crippen LogP contribution in [0.2, 0.25) is 0 Å². The first-order valence-corrected chi connectivity index (χ1v) is 11.6. The van der Waals surface area contributed by atoms with E-state index in [1.165, 1.54) is 69.2 Å². The molecule has 1 fully saturated rings. The van der Waals surface area contributed by atoms with E-state index in [0.29, 0.717) is 5.92 Å². The van der Waals surface area contributed by atoms with Crippen molar-refractivity contribution < 1.29 is 0 Å². The van der Waals surface area contributed by atoms with E-state index in [-0.39, 0.29) is 0 Å². The van der Waals surface area contributed by atoms with Crippen molar-refractivity contribution in [2.75, 3.05) is 3.11 Å². The van der Waals surface area contributed by atoms with Gasteiger partial charge in [-0.25, -0.2) is 0 Å². The lowest BCUT2D eigenvalue weighted by molar-refractivity contribution is 0.444. The van der Waals surface area contributed by atoms with Crippen LogP contribution in [-0.4, -0.2) is 0 Å². The van der Waals surface area contributed by atoms with Crippen molar-refractivity contribution in [1.82, 2.24) is 0 Å². The molecule has 0 saturated heterocycles. The molecule has 27 heavy (non-hydrogen) atoms. The molecule has 1 aliphatic rings. The Labute approximate surface area is 178 Å². The van der Waals surface area contributed by atoms with E-state index in [9.17, 15) is 0 Å². The number of halogens is 1. The lowest BCUT2D eigenvalue weighted by Crippen LogP contribution is -2.10. The number of rotatable bonds is 3. The molecule has 136 valence electrons. The molecule has 3 heteroatoms. The standard InChI is InChI=1S/C24H22INS/c25-26(21-14-6-4-11-18(21)17-9-2-1-3-10-17)22-15-8-13-20-19-12-5-7-16-23(19)27-24(20)22/h4-8,11-17H,1-3,9-10H2. The first-order valence-electron chi connectivity index (χ1n) is 9.78. The van der Waals surface area contributed by atoms with Crippen LogP contribution in [0, 0.1) is 0 Å². The minimum atomic E-state index is 0.703. The third-order valence-electron chi connectivity index (χ3n) is 5.79. The van der Waals surface area contributed by atoms with Crippen molar-refractivity contribution >= 4 is 65.7 Å². The molecule has 0 radical (unpaired) electrons. The fraction of sp³-hybridized carbons (Fsp3) is 0.250. The summed E-state index contributed by atoms with van der Waals surface area (Å²) in [4.78, 5) is 0. The van der Waals surface area contributed by atoms with Gasteiger partial charge in [0.25, 0.3) is 0 Å². The van der Waals surface area contributed by atoms with Crippen LogP contribution in [-0.2, 0) is 0 Å². The Balaban J connectivity index is 1.63. The van der Waals surface area contributed by atoms with Crippen LogP contribution in [0.25, 0.3) is 20.2 Å². The summed E-state index contributed by atoms with van der Waals surface area (Å²) in [5.41, 5.74) is 4.18. The summed E-state index contributed by atoms with van der Waals surface area (Å²) in [6.45, 7) is 0. The van der Waals surface area contributed by atoms with E-state index in [0.717, 1.165) is 0 Å². The second-order valence-electron chi connectivity index (χ2n) is 7.43. The number of hydrogen-bond donors (Lipinski definition) is 0. The largest absolute Gasteiger partial charge is 0.281 e. The van der Waals surface area contributed by atoms with Crippen LogP contribution < -0.4 is 3.11 Å². The quantitative estimate of drug-likeness (QED) is 0.208. The lowest BCUT2D eigenvalue weighted by atomic mass is 9.83. The highest BCUT2D eigenvalue weighted by molar-refractivity contribution is 14.1. The second kappa shape index (κ2) is 7.44. The Kier molecular flexibility index (Phi) is 4.82. The summed E-state index contributed by atoms with van der Waals surface area (Å²) in [6, 6.07) is 24.5. The normalized spacial score (nSPS) is 15.4. The van der Waals surface area contributed by atoms with Gasteiger partial charge in [0, 0.05) is 15.5 Å².